The number of allylic oxidation sites excluding steroid dienone is 3. The molecule has 0 N–H and O–H groups in total. The van der Waals surface area contributed by atoms with Crippen molar-refractivity contribution in [2.24, 2.45) is 0 Å². The molecular formula is C13H26Si2. The van der Waals surface area contributed by atoms with E-state index < -0.39 is 16.1 Å². The van der Waals surface area contributed by atoms with Crippen molar-refractivity contribution < 1.29 is 0 Å². The van der Waals surface area contributed by atoms with Gasteiger partial charge in [-0.25, -0.2) is 0 Å². The Morgan fingerprint density at radius 2 is 1.53 bits per heavy atom. The molecule has 0 spiro atoms. The molecule has 0 heterocycles. The number of hydrogen-bond acceptors (Lipinski definition) is 0. The first kappa shape index (κ1) is 13.0. The van der Waals surface area contributed by atoms with E-state index in [0.29, 0.717) is 0 Å². The van der Waals surface area contributed by atoms with Gasteiger partial charge in [0.05, 0.1) is 16.1 Å². The lowest BCUT2D eigenvalue weighted by atomic mass is 10.0. The quantitative estimate of drug-likeness (QED) is 0.608. The second kappa shape index (κ2) is 4.42. The maximum atomic E-state index is 2.51. The Balaban J connectivity index is 3.21. The Morgan fingerprint density at radius 1 is 1.00 bits per heavy atom. The van der Waals surface area contributed by atoms with Gasteiger partial charge in [0.2, 0.25) is 0 Å². The van der Waals surface area contributed by atoms with Crippen LogP contribution in [-0.2, 0) is 0 Å². The molecule has 0 aromatic heterocycles. The lowest BCUT2D eigenvalue weighted by Gasteiger charge is -2.34. The first-order chi connectivity index (χ1) is 6.73. The zero-order valence-corrected chi connectivity index (χ0v) is 13.3. The Kier molecular flexibility index (Phi) is 3.82. The summed E-state index contributed by atoms with van der Waals surface area (Å²) in [4.78, 5) is 1.91. The van der Waals surface area contributed by atoms with Crippen LogP contribution in [0.3, 0.4) is 0 Å². The topological polar surface area (TPSA) is 0 Å². The first-order valence-electron chi connectivity index (χ1n) is 6.13. The molecule has 0 bridgehead atoms. The highest BCUT2D eigenvalue weighted by atomic mass is 28.4. The second-order valence-electron chi connectivity index (χ2n) is 6.69. The summed E-state index contributed by atoms with van der Waals surface area (Å²) >= 11 is 0. The third-order valence-electron chi connectivity index (χ3n) is 2.96. The van der Waals surface area contributed by atoms with Crippen molar-refractivity contribution in [2.45, 2.75) is 58.5 Å². The van der Waals surface area contributed by atoms with Gasteiger partial charge in [0.15, 0.2) is 0 Å². The van der Waals surface area contributed by atoms with Crippen LogP contribution in [0.5, 0.6) is 0 Å². The van der Waals surface area contributed by atoms with Gasteiger partial charge < -0.3 is 0 Å². The van der Waals surface area contributed by atoms with E-state index in [2.05, 4.69) is 51.4 Å². The van der Waals surface area contributed by atoms with Crippen molar-refractivity contribution in [3.05, 3.63) is 22.5 Å². The van der Waals surface area contributed by atoms with Crippen LogP contribution in [0, 0.1) is 0 Å². The van der Waals surface area contributed by atoms with Crippen LogP contribution in [0.2, 0.25) is 39.3 Å². The highest BCUT2D eigenvalue weighted by Gasteiger charge is 2.32. The van der Waals surface area contributed by atoms with Gasteiger partial charge in [0.25, 0.3) is 0 Å². The maximum absolute atomic E-state index is 2.51. The maximum Gasteiger partial charge on any atom is 0.0685 e. The van der Waals surface area contributed by atoms with E-state index in [-0.39, 0.29) is 0 Å². The van der Waals surface area contributed by atoms with Crippen LogP contribution in [0.1, 0.15) is 19.3 Å². The van der Waals surface area contributed by atoms with E-state index in [1.165, 1.54) is 19.3 Å². The molecule has 0 fully saturated rings. The molecule has 0 nitrogen and oxygen atoms in total. The highest BCUT2D eigenvalue weighted by molar-refractivity contribution is 7.04. The molecule has 0 unspecified atom stereocenters. The average molecular weight is 239 g/mol. The molecule has 0 atom stereocenters. The molecule has 1 rings (SSSR count). The zero-order valence-electron chi connectivity index (χ0n) is 11.3. The van der Waals surface area contributed by atoms with Crippen molar-refractivity contribution in [3.8, 4) is 0 Å². The minimum atomic E-state index is -1.12. The number of hydrogen-bond donors (Lipinski definition) is 0. The predicted octanol–water partition coefficient (Wildman–Crippen LogP) is 4.78. The Labute approximate surface area is 97.5 Å². The first-order valence-corrected chi connectivity index (χ1v) is 13.1. The minimum Gasteiger partial charge on any atom is -0.0881 e. The van der Waals surface area contributed by atoms with E-state index in [4.69, 9.17) is 0 Å². The van der Waals surface area contributed by atoms with Gasteiger partial charge in [-0.05, 0) is 19.3 Å². The average Bonchev–Trinajstić information content (AvgIpc) is 2.00. The van der Waals surface area contributed by atoms with Crippen molar-refractivity contribution in [1.82, 2.24) is 0 Å². The molecule has 2 heteroatoms. The van der Waals surface area contributed by atoms with Gasteiger partial charge in [-0.2, -0.15) is 0 Å². The van der Waals surface area contributed by atoms with Crippen molar-refractivity contribution in [2.75, 3.05) is 0 Å². The zero-order chi connectivity index (χ0) is 11.7. The molecule has 1 aliphatic carbocycles. The van der Waals surface area contributed by atoms with Crippen LogP contribution < -0.4 is 0 Å². The third kappa shape index (κ3) is 3.45. The lowest BCUT2D eigenvalue weighted by Crippen LogP contribution is -2.41. The van der Waals surface area contributed by atoms with Gasteiger partial charge in [0.1, 0.15) is 0 Å². The normalized spacial score (nSPS) is 18.1. The molecule has 0 aliphatic heterocycles. The van der Waals surface area contributed by atoms with E-state index in [1.807, 2.05) is 4.82 Å². The van der Waals surface area contributed by atoms with E-state index in [0.717, 1.165) is 0 Å². The van der Waals surface area contributed by atoms with Gasteiger partial charge in [-0.15, -0.1) is 0 Å². The van der Waals surface area contributed by atoms with Crippen LogP contribution >= 0.6 is 0 Å². The highest BCUT2D eigenvalue weighted by Crippen LogP contribution is 2.32. The smallest absolute Gasteiger partial charge is 0.0685 e. The van der Waals surface area contributed by atoms with E-state index in [1.54, 1.807) is 5.57 Å². The largest absolute Gasteiger partial charge is 0.0881 e. The standard InChI is InChI=1S/C13H26Si2/c1-14(2,3)13(15(4,5)6)12-10-8-7-9-11-12/h8,10H,7,9,11H2,1-6H3. The molecule has 1 aliphatic rings. The molecule has 86 valence electrons. The molecule has 0 saturated heterocycles. The van der Waals surface area contributed by atoms with Crippen molar-refractivity contribution in [3.63, 3.8) is 0 Å². The second-order valence-corrected chi connectivity index (χ2v) is 17.2. The summed E-state index contributed by atoms with van der Waals surface area (Å²) in [6.45, 7) is 15.1. The summed E-state index contributed by atoms with van der Waals surface area (Å²) in [5, 5.41) is 0. The Morgan fingerprint density at radius 3 is 1.87 bits per heavy atom. The summed E-state index contributed by atoms with van der Waals surface area (Å²) in [5.74, 6) is 0. The van der Waals surface area contributed by atoms with E-state index in [9.17, 15) is 0 Å². The summed E-state index contributed by atoms with van der Waals surface area (Å²) in [5.41, 5.74) is 1.71. The van der Waals surface area contributed by atoms with Crippen LogP contribution in [0.25, 0.3) is 0 Å². The lowest BCUT2D eigenvalue weighted by molar-refractivity contribution is 0.819. The molecule has 0 aromatic rings. The molecule has 0 saturated carbocycles. The van der Waals surface area contributed by atoms with Gasteiger partial charge >= 0.3 is 0 Å². The summed E-state index contributed by atoms with van der Waals surface area (Å²) < 4.78 is 0. The SMILES string of the molecule is C[Si](C)(C)C(=C1C=CCCC1)[Si](C)(C)C. The van der Waals surface area contributed by atoms with Gasteiger partial charge in [-0.3, -0.25) is 0 Å². The number of rotatable bonds is 2. The minimum absolute atomic E-state index is 1.12. The molecule has 0 amide bonds. The van der Waals surface area contributed by atoms with Crippen LogP contribution in [-0.4, -0.2) is 16.1 Å². The fourth-order valence-electron chi connectivity index (χ4n) is 3.02. The fourth-order valence-corrected chi connectivity index (χ4v) is 14.4. The molecule has 0 aromatic carbocycles. The summed E-state index contributed by atoms with van der Waals surface area (Å²) in [6.07, 6.45) is 8.79. The van der Waals surface area contributed by atoms with Crippen LogP contribution in [0.15, 0.2) is 22.5 Å². The van der Waals surface area contributed by atoms with E-state index >= 15 is 0 Å². The predicted molar refractivity (Wildman–Crippen MR) is 76.7 cm³/mol. The van der Waals surface area contributed by atoms with Gasteiger partial charge in [0, 0.05) is 0 Å². The molecule has 15 heavy (non-hydrogen) atoms. The Bertz CT molecular complexity index is 269. The molecular weight excluding hydrogens is 212 g/mol. The van der Waals surface area contributed by atoms with Crippen LogP contribution in [0.4, 0.5) is 0 Å². The summed E-state index contributed by atoms with van der Waals surface area (Å²) in [6, 6.07) is 0. The fraction of sp³-hybridized carbons (Fsp3) is 0.692. The summed E-state index contributed by atoms with van der Waals surface area (Å²) in [7, 11) is -2.24. The van der Waals surface area contributed by atoms with Crippen molar-refractivity contribution in [1.29, 1.82) is 0 Å². The molecule has 0 radical (unpaired) electrons. The monoisotopic (exact) mass is 238 g/mol. The third-order valence-corrected chi connectivity index (χ3v) is 11.1. The van der Waals surface area contributed by atoms with Gasteiger partial charge in [-0.1, -0.05) is 61.8 Å². The Hall–Kier alpha value is -0.0862. The van der Waals surface area contributed by atoms with Crippen molar-refractivity contribution >= 4 is 16.1 Å².